The van der Waals surface area contributed by atoms with Gasteiger partial charge in [0.2, 0.25) is 0 Å². The summed E-state index contributed by atoms with van der Waals surface area (Å²) in [5, 5.41) is 2.93. The molecule has 1 aromatic heterocycles. The van der Waals surface area contributed by atoms with Crippen LogP contribution >= 0.6 is 23.2 Å². The first-order chi connectivity index (χ1) is 12.0. The fourth-order valence-corrected chi connectivity index (χ4v) is 2.66. The van der Waals surface area contributed by atoms with Crippen molar-refractivity contribution in [3.8, 4) is 11.4 Å². The third kappa shape index (κ3) is 3.48. The summed E-state index contributed by atoms with van der Waals surface area (Å²) in [6, 6.07) is 1.80. The highest BCUT2D eigenvalue weighted by atomic mass is 35.5. The highest BCUT2D eigenvalue weighted by Crippen LogP contribution is 2.36. The van der Waals surface area contributed by atoms with E-state index < -0.39 is 44.9 Å². The van der Waals surface area contributed by atoms with Gasteiger partial charge in [-0.1, -0.05) is 23.8 Å². The van der Waals surface area contributed by atoms with Gasteiger partial charge in [-0.2, -0.15) is 13.2 Å². The maximum Gasteiger partial charge on any atom is 0.453 e. The van der Waals surface area contributed by atoms with E-state index >= 15 is 0 Å². The molecule has 3 rings (SSSR count). The van der Waals surface area contributed by atoms with E-state index in [-0.39, 0.29) is 12.1 Å². The lowest BCUT2D eigenvalue weighted by atomic mass is 10.0. The number of nitrogens with zero attached hydrogens (tertiary/aromatic N) is 3. The summed E-state index contributed by atoms with van der Waals surface area (Å²) in [4.78, 5) is 2.59. The smallest absolute Gasteiger partial charge is 0.213 e. The summed E-state index contributed by atoms with van der Waals surface area (Å²) >= 11 is 11.8. The highest BCUT2D eigenvalue weighted by molar-refractivity contribution is 6.31. The van der Waals surface area contributed by atoms with Crippen molar-refractivity contribution in [2.75, 3.05) is 0 Å². The second-order valence-electron chi connectivity index (χ2n) is 5.83. The van der Waals surface area contributed by atoms with Crippen LogP contribution in [0.4, 0.5) is 22.0 Å². The van der Waals surface area contributed by atoms with Crippen molar-refractivity contribution in [3.05, 3.63) is 52.8 Å². The fraction of sp³-hybridized carbons (Fsp3) is 0.250. The van der Waals surface area contributed by atoms with Gasteiger partial charge in [0.1, 0.15) is 5.82 Å². The molecule has 10 heteroatoms. The Morgan fingerprint density at radius 3 is 2.50 bits per heavy atom. The summed E-state index contributed by atoms with van der Waals surface area (Å²) < 4.78 is 68.4. The lowest BCUT2D eigenvalue weighted by molar-refractivity contribution is -0.144. The summed E-state index contributed by atoms with van der Waals surface area (Å²) in [5.41, 5.74) is -0.645. The van der Waals surface area contributed by atoms with Gasteiger partial charge in [0.05, 0.1) is 21.2 Å². The maximum absolute atomic E-state index is 14.3. The Labute approximate surface area is 154 Å². The van der Waals surface area contributed by atoms with Gasteiger partial charge in [-0.05, 0) is 31.6 Å². The molecule has 1 atom stereocenters. The van der Waals surface area contributed by atoms with Crippen molar-refractivity contribution in [2.45, 2.75) is 24.4 Å². The molecule has 0 aliphatic heterocycles. The van der Waals surface area contributed by atoms with Gasteiger partial charge >= 0.3 is 6.18 Å². The quantitative estimate of drug-likeness (QED) is 0.362. The SMILES string of the molecule is CC1(Cl)C=CC(n2nc(C(F)(F)F)nc2-c2c(F)ccc(Cl)c2F)=CC1. The van der Waals surface area contributed by atoms with Gasteiger partial charge in [0.15, 0.2) is 11.6 Å². The molecule has 2 aromatic rings. The third-order valence-corrected chi connectivity index (χ3v) is 4.26. The monoisotopic (exact) mass is 409 g/mol. The molecular weight excluding hydrogens is 400 g/mol. The minimum Gasteiger partial charge on any atom is -0.213 e. The van der Waals surface area contributed by atoms with E-state index in [1.807, 2.05) is 0 Å². The van der Waals surface area contributed by atoms with Crippen molar-refractivity contribution in [1.82, 2.24) is 14.8 Å². The second-order valence-corrected chi connectivity index (χ2v) is 7.10. The summed E-state index contributed by atoms with van der Waals surface area (Å²) in [6.07, 6.45) is -0.152. The minimum atomic E-state index is -4.90. The van der Waals surface area contributed by atoms with Crippen molar-refractivity contribution in [2.24, 2.45) is 0 Å². The lowest BCUT2D eigenvalue weighted by Gasteiger charge is -2.20. The summed E-state index contributed by atoms with van der Waals surface area (Å²) in [6.45, 7) is 1.71. The fourth-order valence-electron chi connectivity index (χ4n) is 2.36. The van der Waals surface area contributed by atoms with Crippen LogP contribution in [0.25, 0.3) is 17.1 Å². The average Bonchev–Trinajstić information content (AvgIpc) is 2.96. The largest absolute Gasteiger partial charge is 0.453 e. The summed E-state index contributed by atoms with van der Waals surface area (Å²) in [5.74, 6) is -4.52. The van der Waals surface area contributed by atoms with Gasteiger partial charge in [-0.3, -0.25) is 0 Å². The van der Waals surface area contributed by atoms with Gasteiger partial charge in [-0.15, -0.1) is 16.7 Å². The van der Waals surface area contributed by atoms with Crippen LogP contribution in [0, 0.1) is 11.6 Å². The van der Waals surface area contributed by atoms with E-state index in [2.05, 4.69) is 10.1 Å². The Bertz CT molecular complexity index is 929. The Balaban J connectivity index is 2.24. The van der Waals surface area contributed by atoms with Crippen LogP contribution < -0.4 is 0 Å². The van der Waals surface area contributed by atoms with Crippen LogP contribution in [0.3, 0.4) is 0 Å². The molecule has 1 aromatic carbocycles. The number of aromatic nitrogens is 3. The summed E-state index contributed by atoms with van der Waals surface area (Å²) in [7, 11) is 0. The van der Waals surface area contributed by atoms with Crippen LogP contribution in [0.15, 0.2) is 30.4 Å². The predicted molar refractivity (Wildman–Crippen MR) is 87.7 cm³/mol. The van der Waals surface area contributed by atoms with Crippen molar-refractivity contribution >= 4 is 28.9 Å². The molecule has 1 aliphatic rings. The zero-order valence-electron chi connectivity index (χ0n) is 13.1. The van der Waals surface area contributed by atoms with E-state index in [0.29, 0.717) is 0 Å². The molecule has 0 spiro atoms. The highest BCUT2D eigenvalue weighted by Gasteiger charge is 2.38. The van der Waals surface area contributed by atoms with Crippen LogP contribution in [0.5, 0.6) is 0 Å². The van der Waals surface area contributed by atoms with Crippen LogP contribution in [0.1, 0.15) is 19.2 Å². The molecule has 1 heterocycles. The van der Waals surface area contributed by atoms with Crippen LogP contribution in [-0.2, 0) is 6.18 Å². The molecule has 0 saturated heterocycles. The average molecular weight is 410 g/mol. The number of hydrogen-bond acceptors (Lipinski definition) is 2. The van der Waals surface area contributed by atoms with E-state index in [1.165, 1.54) is 12.2 Å². The normalized spacial score (nSPS) is 20.4. The van der Waals surface area contributed by atoms with E-state index in [1.54, 1.807) is 13.0 Å². The predicted octanol–water partition coefficient (Wildman–Crippen LogP) is 5.69. The number of benzene rings is 1. The number of rotatable bonds is 2. The van der Waals surface area contributed by atoms with Gasteiger partial charge < -0.3 is 0 Å². The number of hydrogen-bond donors (Lipinski definition) is 0. The van der Waals surface area contributed by atoms with Gasteiger partial charge in [0, 0.05) is 0 Å². The number of halogens is 7. The standard InChI is InChI=1S/C16H10Cl2F5N3/c1-15(18)6-4-8(5-7-15)26-13(24-14(25-26)16(21,22)23)11-10(19)3-2-9(17)12(11)20/h2-6H,7H2,1H3. The molecule has 0 saturated carbocycles. The molecule has 0 fully saturated rings. The zero-order chi connectivity index (χ0) is 19.3. The molecule has 1 aliphatic carbocycles. The molecule has 26 heavy (non-hydrogen) atoms. The van der Waals surface area contributed by atoms with Crippen LogP contribution in [-0.4, -0.2) is 19.6 Å². The third-order valence-electron chi connectivity index (χ3n) is 3.68. The lowest BCUT2D eigenvalue weighted by Crippen LogP contribution is -2.16. The Kier molecular flexibility index (Phi) is 4.60. The van der Waals surface area contributed by atoms with E-state index in [4.69, 9.17) is 23.2 Å². The molecule has 0 bridgehead atoms. The van der Waals surface area contributed by atoms with Crippen LogP contribution in [0.2, 0.25) is 5.02 Å². The van der Waals surface area contributed by atoms with Gasteiger partial charge in [0.25, 0.3) is 5.82 Å². The minimum absolute atomic E-state index is 0.153. The molecule has 138 valence electrons. The molecule has 0 radical (unpaired) electrons. The first-order valence-corrected chi connectivity index (χ1v) is 8.02. The first-order valence-electron chi connectivity index (χ1n) is 7.26. The molecule has 1 unspecified atom stereocenters. The molecule has 3 nitrogen and oxygen atoms in total. The van der Waals surface area contributed by atoms with Crippen molar-refractivity contribution in [1.29, 1.82) is 0 Å². The topological polar surface area (TPSA) is 30.7 Å². The number of allylic oxidation sites excluding steroid dienone is 4. The Morgan fingerprint density at radius 2 is 1.92 bits per heavy atom. The molecule has 0 N–H and O–H groups in total. The molecule has 0 amide bonds. The van der Waals surface area contributed by atoms with Crippen molar-refractivity contribution in [3.63, 3.8) is 0 Å². The maximum atomic E-state index is 14.3. The van der Waals surface area contributed by atoms with E-state index in [0.717, 1.165) is 16.8 Å². The zero-order valence-corrected chi connectivity index (χ0v) is 14.6. The van der Waals surface area contributed by atoms with Gasteiger partial charge in [-0.25, -0.2) is 18.4 Å². The molecular formula is C16H10Cl2F5N3. The Hall–Kier alpha value is -1.93. The second kappa shape index (κ2) is 6.35. The van der Waals surface area contributed by atoms with Crippen molar-refractivity contribution < 1.29 is 22.0 Å². The first kappa shape index (κ1) is 18.8. The van der Waals surface area contributed by atoms with E-state index in [9.17, 15) is 22.0 Å². The Morgan fingerprint density at radius 1 is 1.23 bits per heavy atom. The number of alkyl halides is 4.